The average Bonchev–Trinajstić information content (AvgIpc) is 2.86. The SMILES string of the molecule is COC[C@H](O)CN1CCC(c2cccc(C(F)(F)F)c2)C1. The first kappa shape index (κ1) is 16.3. The fourth-order valence-electron chi connectivity index (χ4n) is 2.78. The molecule has 0 bridgehead atoms. The number of likely N-dealkylation sites (tertiary alicyclic amines) is 1. The van der Waals surface area contributed by atoms with Gasteiger partial charge >= 0.3 is 6.18 Å². The number of aliphatic hydroxyl groups excluding tert-OH is 1. The number of β-amino-alcohol motifs (C(OH)–C–C–N with tert-alkyl or cyclic N) is 1. The molecule has 118 valence electrons. The lowest BCUT2D eigenvalue weighted by Gasteiger charge is -2.20. The number of ether oxygens (including phenoxy) is 1. The third-order valence-corrected chi connectivity index (χ3v) is 3.79. The Morgan fingerprint density at radius 1 is 1.43 bits per heavy atom. The van der Waals surface area contributed by atoms with Gasteiger partial charge in [0.2, 0.25) is 0 Å². The molecule has 0 saturated carbocycles. The van der Waals surface area contributed by atoms with Gasteiger partial charge in [-0.1, -0.05) is 18.2 Å². The van der Waals surface area contributed by atoms with Crippen LogP contribution in [0.4, 0.5) is 13.2 Å². The third-order valence-electron chi connectivity index (χ3n) is 3.79. The molecule has 1 aromatic rings. The van der Waals surface area contributed by atoms with Crippen molar-refractivity contribution in [2.45, 2.75) is 24.6 Å². The molecule has 0 radical (unpaired) electrons. The van der Waals surface area contributed by atoms with Crippen LogP contribution in [0.3, 0.4) is 0 Å². The lowest BCUT2D eigenvalue weighted by molar-refractivity contribution is -0.137. The minimum Gasteiger partial charge on any atom is -0.389 e. The van der Waals surface area contributed by atoms with Crippen molar-refractivity contribution in [1.82, 2.24) is 4.90 Å². The standard InChI is InChI=1S/C15H20F3NO2/c1-21-10-14(20)9-19-6-5-12(8-19)11-3-2-4-13(7-11)15(16,17)18/h2-4,7,12,14,20H,5-6,8-10H2,1H3/t12?,14-/m1/s1. The summed E-state index contributed by atoms with van der Waals surface area (Å²) in [6.45, 7) is 2.21. The number of hydrogen-bond donors (Lipinski definition) is 1. The van der Waals surface area contributed by atoms with Gasteiger partial charge in [-0.05, 0) is 30.5 Å². The molecule has 3 nitrogen and oxygen atoms in total. The van der Waals surface area contributed by atoms with Crippen LogP contribution in [0.15, 0.2) is 24.3 Å². The van der Waals surface area contributed by atoms with Crippen LogP contribution in [0.5, 0.6) is 0 Å². The summed E-state index contributed by atoms with van der Waals surface area (Å²) >= 11 is 0. The maximum absolute atomic E-state index is 12.7. The molecule has 1 unspecified atom stereocenters. The van der Waals surface area contributed by atoms with E-state index in [1.165, 1.54) is 19.2 Å². The molecule has 2 rings (SSSR count). The molecule has 21 heavy (non-hydrogen) atoms. The van der Waals surface area contributed by atoms with Crippen molar-refractivity contribution in [1.29, 1.82) is 0 Å². The number of halogens is 3. The molecule has 1 aliphatic heterocycles. The summed E-state index contributed by atoms with van der Waals surface area (Å²) in [4.78, 5) is 2.06. The van der Waals surface area contributed by atoms with Crippen molar-refractivity contribution < 1.29 is 23.0 Å². The highest BCUT2D eigenvalue weighted by Gasteiger charge is 2.32. The van der Waals surface area contributed by atoms with E-state index in [1.54, 1.807) is 6.07 Å². The maximum atomic E-state index is 12.7. The van der Waals surface area contributed by atoms with Crippen LogP contribution in [-0.2, 0) is 10.9 Å². The van der Waals surface area contributed by atoms with Crippen molar-refractivity contribution in [3.05, 3.63) is 35.4 Å². The Hall–Kier alpha value is -1.11. The van der Waals surface area contributed by atoms with Gasteiger partial charge in [0.25, 0.3) is 0 Å². The van der Waals surface area contributed by atoms with Crippen LogP contribution in [-0.4, -0.2) is 49.5 Å². The zero-order valence-electron chi connectivity index (χ0n) is 11.9. The van der Waals surface area contributed by atoms with E-state index in [0.29, 0.717) is 18.7 Å². The Balaban J connectivity index is 1.98. The number of benzene rings is 1. The predicted octanol–water partition coefficient (Wildman–Crippen LogP) is 2.50. The van der Waals surface area contributed by atoms with E-state index >= 15 is 0 Å². The van der Waals surface area contributed by atoms with Crippen molar-refractivity contribution >= 4 is 0 Å². The summed E-state index contributed by atoms with van der Waals surface area (Å²) in [7, 11) is 1.53. The minimum atomic E-state index is -4.30. The number of methoxy groups -OCH3 is 1. The largest absolute Gasteiger partial charge is 0.416 e. The molecule has 1 N–H and O–H groups in total. The first-order valence-electron chi connectivity index (χ1n) is 6.96. The first-order valence-corrected chi connectivity index (χ1v) is 6.96. The molecule has 0 aliphatic carbocycles. The van der Waals surface area contributed by atoms with E-state index in [1.807, 2.05) is 0 Å². The van der Waals surface area contributed by atoms with Crippen LogP contribution in [0.25, 0.3) is 0 Å². The summed E-state index contributed by atoms with van der Waals surface area (Å²) < 4.78 is 43.1. The summed E-state index contributed by atoms with van der Waals surface area (Å²) in [5.41, 5.74) is 0.117. The second-order valence-electron chi connectivity index (χ2n) is 5.48. The lowest BCUT2D eigenvalue weighted by atomic mass is 9.96. The Kier molecular flexibility index (Phi) is 5.24. The van der Waals surface area contributed by atoms with Crippen LogP contribution in [0.1, 0.15) is 23.5 Å². The van der Waals surface area contributed by atoms with Crippen molar-refractivity contribution in [2.75, 3.05) is 33.4 Å². The van der Waals surface area contributed by atoms with E-state index < -0.39 is 17.8 Å². The lowest BCUT2D eigenvalue weighted by Crippen LogP contribution is -2.33. The molecular weight excluding hydrogens is 283 g/mol. The summed E-state index contributed by atoms with van der Waals surface area (Å²) in [6.07, 6.45) is -4.06. The van der Waals surface area contributed by atoms with E-state index in [2.05, 4.69) is 4.90 Å². The fourth-order valence-corrected chi connectivity index (χ4v) is 2.78. The van der Waals surface area contributed by atoms with Gasteiger partial charge in [0.15, 0.2) is 0 Å². The summed E-state index contributed by atoms with van der Waals surface area (Å²) in [5.74, 6) is 0.0852. The molecular formula is C15H20F3NO2. The highest BCUT2D eigenvalue weighted by Crippen LogP contribution is 2.33. The molecule has 6 heteroatoms. The number of rotatable bonds is 5. The molecule has 0 aromatic heterocycles. The molecule has 2 atom stereocenters. The molecule has 0 spiro atoms. The van der Waals surface area contributed by atoms with Gasteiger partial charge in [0, 0.05) is 20.2 Å². The van der Waals surface area contributed by atoms with Crippen molar-refractivity contribution in [3.63, 3.8) is 0 Å². The minimum absolute atomic E-state index is 0.0852. The Morgan fingerprint density at radius 2 is 2.19 bits per heavy atom. The van der Waals surface area contributed by atoms with E-state index in [9.17, 15) is 18.3 Å². The zero-order valence-corrected chi connectivity index (χ0v) is 11.9. The predicted molar refractivity (Wildman–Crippen MR) is 73.1 cm³/mol. The first-order chi connectivity index (χ1) is 9.90. The van der Waals surface area contributed by atoms with Gasteiger partial charge in [-0.15, -0.1) is 0 Å². The van der Waals surface area contributed by atoms with Crippen LogP contribution in [0, 0.1) is 0 Å². The van der Waals surface area contributed by atoms with E-state index in [0.717, 1.165) is 19.0 Å². The molecule has 1 aliphatic rings. The maximum Gasteiger partial charge on any atom is 0.416 e. The van der Waals surface area contributed by atoms with Crippen LogP contribution in [0.2, 0.25) is 0 Å². The van der Waals surface area contributed by atoms with Gasteiger partial charge in [-0.3, -0.25) is 0 Å². The zero-order chi connectivity index (χ0) is 15.5. The summed E-state index contributed by atoms with van der Waals surface area (Å²) in [6, 6.07) is 5.54. The highest BCUT2D eigenvalue weighted by atomic mass is 19.4. The average molecular weight is 303 g/mol. The monoisotopic (exact) mass is 303 g/mol. The smallest absolute Gasteiger partial charge is 0.389 e. The quantitative estimate of drug-likeness (QED) is 0.907. The van der Waals surface area contributed by atoms with Crippen molar-refractivity contribution in [2.24, 2.45) is 0 Å². The second-order valence-corrected chi connectivity index (χ2v) is 5.48. The number of nitrogens with zero attached hydrogens (tertiary/aromatic N) is 1. The molecule has 0 amide bonds. The van der Waals surface area contributed by atoms with Gasteiger partial charge in [-0.25, -0.2) is 0 Å². The number of aliphatic hydroxyl groups is 1. The molecule has 1 heterocycles. The van der Waals surface area contributed by atoms with Gasteiger partial charge < -0.3 is 14.7 Å². The Bertz CT molecular complexity index is 464. The number of hydrogen-bond acceptors (Lipinski definition) is 3. The van der Waals surface area contributed by atoms with Gasteiger partial charge in [-0.2, -0.15) is 13.2 Å². The second kappa shape index (κ2) is 6.77. The summed E-state index contributed by atoms with van der Waals surface area (Å²) in [5, 5.41) is 9.70. The van der Waals surface area contributed by atoms with Crippen molar-refractivity contribution in [3.8, 4) is 0 Å². The third kappa shape index (κ3) is 4.43. The van der Waals surface area contributed by atoms with Crippen LogP contribution >= 0.6 is 0 Å². The Morgan fingerprint density at radius 3 is 2.86 bits per heavy atom. The van der Waals surface area contributed by atoms with Gasteiger partial charge in [0.1, 0.15) is 0 Å². The molecule has 1 fully saturated rings. The van der Waals surface area contributed by atoms with E-state index in [4.69, 9.17) is 4.74 Å². The highest BCUT2D eigenvalue weighted by molar-refractivity contribution is 5.29. The fraction of sp³-hybridized carbons (Fsp3) is 0.600. The van der Waals surface area contributed by atoms with Gasteiger partial charge in [0.05, 0.1) is 18.3 Å². The normalized spacial score (nSPS) is 21.7. The van der Waals surface area contributed by atoms with Crippen LogP contribution < -0.4 is 0 Å². The Labute approximate surface area is 122 Å². The molecule has 1 saturated heterocycles. The molecule has 1 aromatic carbocycles. The number of alkyl halides is 3. The topological polar surface area (TPSA) is 32.7 Å². The van der Waals surface area contributed by atoms with E-state index in [-0.39, 0.29) is 12.5 Å².